The van der Waals surface area contributed by atoms with Gasteiger partial charge in [-0.05, 0) is 6.42 Å². The first kappa shape index (κ1) is 10.7. The van der Waals surface area contributed by atoms with E-state index < -0.39 is 6.10 Å². The Balaban J connectivity index is 2.55. The Morgan fingerprint density at radius 3 is 2.64 bits per heavy atom. The van der Waals surface area contributed by atoms with Gasteiger partial charge in [-0.2, -0.15) is 0 Å². The molecule has 1 atom stereocenters. The molecule has 1 unspecified atom stereocenters. The van der Waals surface area contributed by atoms with E-state index in [9.17, 15) is 9.90 Å². The van der Waals surface area contributed by atoms with Crippen LogP contribution < -0.4 is 0 Å². The highest BCUT2D eigenvalue weighted by Crippen LogP contribution is 2.07. The zero-order valence-electron chi connectivity index (χ0n) is 8.02. The molecule has 0 aliphatic carbocycles. The van der Waals surface area contributed by atoms with E-state index in [0.717, 1.165) is 0 Å². The monoisotopic (exact) mass is 190 g/mol. The minimum Gasteiger partial charge on any atom is -0.392 e. The molecule has 0 fully saturated rings. The summed E-state index contributed by atoms with van der Waals surface area (Å²) in [7, 11) is 0. The van der Waals surface area contributed by atoms with Crippen LogP contribution in [-0.2, 0) is 0 Å². The number of carbonyl (C=O) groups is 1. The molecule has 0 saturated heterocycles. The number of ketones is 1. The van der Waals surface area contributed by atoms with Gasteiger partial charge in [0.05, 0.1) is 6.10 Å². The van der Waals surface area contributed by atoms with Gasteiger partial charge >= 0.3 is 0 Å². The van der Waals surface area contributed by atoms with Gasteiger partial charge in [0.1, 0.15) is 0 Å². The van der Waals surface area contributed by atoms with Gasteiger partial charge < -0.3 is 5.11 Å². The van der Waals surface area contributed by atoms with Crippen LogP contribution >= 0.6 is 0 Å². The number of Topliss-reactive ketones (excluding diaryl/α,β-unsaturated/α-hetero) is 1. The highest BCUT2D eigenvalue weighted by molar-refractivity contribution is 5.96. The molecule has 0 spiro atoms. The Labute approximate surface area is 83.9 Å². The summed E-state index contributed by atoms with van der Waals surface area (Å²) in [4.78, 5) is 11.5. The lowest BCUT2D eigenvalue weighted by atomic mass is 10.0. The van der Waals surface area contributed by atoms with Crippen molar-refractivity contribution in [3.8, 4) is 0 Å². The third-order valence-corrected chi connectivity index (χ3v) is 1.96. The fourth-order valence-corrected chi connectivity index (χ4v) is 1.23. The molecule has 1 aromatic carbocycles. The molecule has 1 aromatic rings. The van der Waals surface area contributed by atoms with Crippen molar-refractivity contribution in [2.75, 3.05) is 0 Å². The summed E-state index contributed by atoms with van der Waals surface area (Å²) < 4.78 is 0. The van der Waals surface area contributed by atoms with Gasteiger partial charge in [-0.25, -0.2) is 0 Å². The van der Waals surface area contributed by atoms with Crippen LogP contribution in [0.25, 0.3) is 0 Å². The quantitative estimate of drug-likeness (QED) is 0.571. The summed E-state index contributed by atoms with van der Waals surface area (Å²) in [6.07, 6.45) is 1.62. The molecule has 74 valence electrons. The maximum Gasteiger partial charge on any atom is 0.165 e. The topological polar surface area (TPSA) is 37.3 Å². The average molecular weight is 190 g/mol. The zero-order valence-corrected chi connectivity index (χ0v) is 8.02. The highest BCUT2D eigenvalue weighted by Gasteiger charge is 2.10. The van der Waals surface area contributed by atoms with E-state index in [-0.39, 0.29) is 12.2 Å². The van der Waals surface area contributed by atoms with Gasteiger partial charge in [-0.1, -0.05) is 36.4 Å². The van der Waals surface area contributed by atoms with Crippen molar-refractivity contribution in [1.82, 2.24) is 0 Å². The molecule has 2 heteroatoms. The van der Waals surface area contributed by atoms with Crippen LogP contribution in [0.1, 0.15) is 23.2 Å². The van der Waals surface area contributed by atoms with Crippen molar-refractivity contribution < 1.29 is 9.90 Å². The van der Waals surface area contributed by atoms with Crippen molar-refractivity contribution in [3.63, 3.8) is 0 Å². The van der Waals surface area contributed by atoms with Gasteiger partial charge in [-0.3, -0.25) is 4.79 Å². The molecule has 0 aliphatic heterocycles. The van der Waals surface area contributed by atoms with Gasteiger partial charge in [0.15, 0.2) is 5.78 Å². The van der Waals surface area contributed by atoms with Crippen LogP contribution in [-0.4, -0.2) is 17.0 Å². The molecule has 1 rings (SSSR count). The maximum absolute atomic E-state index is 11.5. The molecule has 0 radical (unpaired) electrons. The van der Waals surface area contributed by atoms with Gasteiger partial charge in [-0.15, -0.1) is 6.58 Å². The number of rotatable bonds is 5. The van der Waals surface area contributed by atoms with Crippen LogP contribution in [0.4, 0.5) is 0 Å². The van der Waals surface area contributed by atoms with Crippen molar-refractivity contribution in [1.29, 1.82) is 0 Å². The van der Waals surface area contributed by atoms with E-state index in [1.165, 1.54) is 0 Å². The third-order valence-electron chi connectivity index (χ3n) is 1.96. The summed E-state index contributed by atoms with van der Waals surface area (Å²) in [5, 5.41) is 9.39. The van der Waals surface area contributed by atoms with Crippen LogP contribution in [0.5, 0.6) is 0 Å². The van der Waals surface area contributed by atoms with Crippen molar-refractivity contribution in [2.45, 2.75) is 18.9 Å². The first-order chi connectivity index (χ1) is 6.74. The minimum atomic E-state index is -0.611. The second kappa shape index (κ2) is 5.35. The zero-order chi connectivity index (χ0) is 10.4. The molecule has 0 bridgehead atoms. The Hall–Kier alpha value is -1.41. The van der Waals surface area contributed by atoms with Crippen LogP contribution in [0.15, 0.2) is 43.0 Å². The molecule has 0 heterocycles. The van der Waals surface area contributed by atoms with Crippen molar-refractivity contribution in [2.24, 2.45) is 0 Å². The molecule has 14 heavy (non-hydrogen) atoms. The lowest BCUT2D eigenvalue weighted by molar-refractivity contribution is 0.0884. The third kappa shape index (κ3) is 3.15. The summed E-state index contributed by atoms with van der Waals surface area (Å²) >= 11 is 0. The predicted octanol–water partition coefficient (Wildman–Crippen LogP) is 2.20. The Kier molecular flexibility index (Phi) is 4.08. The van der Waals surface area contributed by atoms with Crippen molar-refractivity contribution >= 4 is 5.78 Å². The molecule has 1 N–H and O–H groups in total. The summed E-state index contributed by atoms with van der Waals surface area (Å²) in [5.74, 6) is -0.0278. The Bertz CT molecular complexity index is 303. The van der Waals surface area contributed by atoms with E-state index in [1.807, 2.05) is 18.2 Å². The fourth-order valence-electron chi connectivity index (χ4n) is 1.23. The van der Waals surface area contributed by atoms with Crippen LogP contribution in [0.3, 0.4) is 0 Å². The molecule has 0 saturated carbocycles. The first-order valence-electron chi connectivity index (χ1n) is 4.61. The van der Waals surface area contributed by atoms with Gasteiger partial charge in [0, 0.05) is 12.0 Å². The van der Waals surface area contributed by atoms with Gasteiger partial charge in [0.25, 0.3) is 0 Å². The number of carbonyl (C=O) groups excluding carboxylic acids is 1. The van der Waals surface area contributed by atoms with E-state index in [2.05, 4.69) is 6.58 Å². The molecule has 0 amide bonds. The number of benzene rings is 1. The summed E-state index contributed by atoms with van der Waals surface area (Å²) in [5.41, 5.74) is 0.649. The number of aliphatic hydroxyl groups excluding tert-OH is 1. The largest absolute Gasteiger partial charge is 0.392 e. The lowest BCUT2D eigenvalue weighted by Crippen LogP contribution is -2.12. The Morgan fingerprint density at radius 1 is 1.43 bits per heavy atom. The number of hydrogen-bond acceptors (Lipinski definition) is 2. The minimum absolute atomic E-state index is 0.0278. The summed E-state index contributed by atoms with van der Waals surface area (Å²) in [6.45, 7) is 3.51. The summed E-state index contributed by atoms with van der Waals surface area (Å²) in [6, 6.07) is 8.99. The fraction of sp³-hybridized carbons (Fsp3) is 0.250. The maximum atomic E-state index is 11.5. The molecule has 2 nitrogen and oxygen atoms in total. The van der Waals surface area contributed by atoms with E-state index in [4.69, 9.17) is 0 Å². The highest BCUT2D eigenvalue weighted by atomic mass is 16.3. The standard InChI is InChI=1S/C12H14O2/c1-2-6-11(13)9-12(14)10-7-4-3-5-8-10/h2-5,7-8,11,13H,1,6,9H2. The van der Waals surface area contributed by atoms with Crippen LogP contribution in [0, 0.1) is 0 Å². The smallest absolute Gasteiger partial charge is 0.165 e. The van der Waals surface area contributed by atoms with Crippen LogP contribution in [0.2, 0.25) is 0 Å². The second-order valence-electron chi connectivity index (χ2n) is 3.17. The number of aliphatic hydroxyl groups is 1. The predicted molar refractivity (Wildman–Crippen MR) is 56.2 cm³/mol. The van der Waals surface area contributed by atoms with E-state index >= 15 is 0 Å². The SMILES string of the molecule is C=CCC(O)CC(=O)c1ccccc1. The average Bonchev–Trinajstić information content (AvgIpc) is 2.19. The lowest BCUT2D eigenvalue weighted by Gasteiger charge is -2.06. The molecular formula is C12H14O2. The normalized spacial score (nSPS) is 12.1. The van der Waals surface area contributed by atoms with E-state index in [0.29, 0.717) is 12.0 Å². The molecular weight excluding hydrogens is 176 g/mol. The Morgan fingerprint density at radius 2 is 2.07 bits per heavy atom. The first-order valence-corrected chi connectivity index (χ1v) is 4.61. The van der Waals surface area contributed by atoms with Crippen molar-refractivity contribution in [3.05, 3.63) is 48.6 Å². The molecule has 0 aliphatic rings. The number of hydrogen-bond donors (Lipinski definition) is 1. The second-order valence-corrected chi connectivity index (χ2v) is 3.17. The van der Waals surface area contributed by atoms with Gasteiger partial charge in [0.2, 0.25) is 0 Å². The van der Waals surface area contributed by atoms with E-state index in [1.54, 1.807) is 18.2 Å². The molecule has 0 aromatic heterocycles.